The zero-order valence-corrected chi connectivity index (χ0v) is 17.1. The number of benzene rings is 1. The van der Waals surface area contributed by atoms with Crippen LogP contribution in [0.2, 0.25) is 0 Å². The fraction of sp³-hybridized carbons (Fsp3) is 0.381. The van der Waals surface area contributed by atoms with Gasteiger partial charge in [-0.25, -0.2) is 9.48 Å². The molecule has 0 aliphatic carbocycles. The molecule has 0 atom stereocenters. The molecule has 2 aromatic heterocycles. The Morgan fingerprint density at radius 1 is 1.21 bits per heavy atom. The second kappa shape index (κ2) is 8.39. The molecule has 3 rings (SSSR count). The molecule has 0 spiro atoms. The van der Waals surface area contributed by atoms with Crippen LogP contribution in [0.15, 0.2) is 30.6 Å². The summed E-state index contributed by atoms with van der Waals surface area (Å²) in [5, 5.41) is 12.3. The van der Waals surface area contributed by atoms with E-state index in [0.717, 1.165) is 28.2 Å². The van der Waals surface area contributed by atoms with Crippen molar-refractivity contribution < 1.29 is 9.53 Å². The maximum absolute atomic E-state index is 12.4. The van der Waals surface area contributed by atoms with Gasteiger partial charge in [0, 0.05) is 31.9 Å². The van der Waals surface area contributed by atoms with Crippen molar-refractivity contribution in [2.24, 2.45) is 7.05 Å². The van der Waals surface area contributed by atoms with Crippen LogP contribution < -0.4 is 5.32 Å². The molecule has 2 heterocycles. The third-order valence-corrected chi connectivity index (χ3v) is 4.89. The van der Waals surface area contributed by atoms with E-state index in [1.807, 2.05) is 37.0 Å². The molecule has 7 nitrogen and oxygen atoms in total. The number of esters is 1. The van der Waals surface area contributed by atoms with E-state index >= 15 is 0 Å². The highest BCUT2D eigenvalue weighted by Gasteiger charge is 2.20. The van der Waals surface area contributed by atoms with Crippen molar-refractivity contribution >= 4 is 5.97 Å². The quantitative estimate of drug-likeness (QED) is 0.637. The Morgan fingerprint density at radius 2 is 2.00 bits per heavy atom. The maximum Gasteiger partial charge on any atom is 0.341 e. The number of nitrogens with zero attached hydrogens (tertiary/aromatic N) is 4. The number of nitrogens with one attached hydrogen (secondary N) is 1. The lowest BCUT2D eigenvalue weighted by Gasteiger charge is -2.14. The molecule has 7 heteroatoms. The van der Waals surface area contributed by atoms with Gasteiger partial charge < -0.3 is 10.1 Å². The number of carbonyl (C=O) groups is 1. The Kier molecular flexibility index (Phi) is 5.94. The van der Waals surface area contributed by atoms with E-state index in [9.17, 15) is 4.79 Å². The van der Waals surface area contributed by atoms with Crippen molar-refractivity contribution in [3.05, 3.63) is 64.2 Å². The molecule has 0 fully saturated rings. The summed E-state index contributed by atoms with van der Waals surface area (Å²) >= 11 is 0. The van der Waals surface area contributed by atoms with Gasteiger partial charge in [-0.2, -0.15) is 10.2 Å². The molecule has 0 aliphatic heterocycles. The highest BCUT2D eigenvalue weighted by atomic mass is 16.5. The van der Waals surface area contributed by atoms with Crippen LogP contribution in [-0.2, 0) is 24.9 Å². The van der Waals surface area contributed by atoms with E-state index in [0.29, 0.717) is 25.3 Å². The van der Waals surface area contributed by atoms with E-state index in [-0.39, 0.29) is 5.97 Å². The number of ether oxygens (including phenoxy) is 1. The number of aryl methyl sites for hydroxylation is 3. The summed E-state index contributed by atoms with van der Waals surface area (Å²) < 4.78 is 8.86. The van der Waals surface area contributed by atoms with E-state index in [2.05, 4.69) is 35.4 Å². The minimum absolute atomic E-state index is 0.329. The first-order chi connectivity index (χ1) is 13.4. The highest BCUT2D eigenvalue weighted by molar-refractivity contribution is 5.90. The largest absolute Gasteiger partial charge is 0.462 e. The third-order valence-electron chi connectivity index (χ3n) is 4.89. The van der Waals surface area contributed by atoms with Crippen LogP contribution in [0.1, 0.15) is 45.4 Å². The average molecular weight is 381 g/mol. The van der Waals surface area contributed by atoms with E-state index in [4.69, 9.17) is 4.74 Å². The third kappa shape index (κ3) is 3.99. The van der Waals surface area contributed by atoms with Gasteiger partial charge in [-0.1, -0.05) is 12.1 Å². The summed E-state index contributed by atoms with van der Waals surface area (Å²) in [7, 11) is 1.91. The van der Waals surface area contributed by atoms with E-state index in [1.54, 1.807) is 17.8 Å². The number of hydrogen-bond donors (Lipinski definition) is 1. The van der Waals surface area contributed by atoms with E-state index < -0.39 is 0 Å². The SMILES string of the molecule is CCOC(=O)c1cnn(-c2cccc(C)c2C)c1CNCc1cn(C)nc1C. The first kappa shape index (κ1) is 19.8. The van der Waals surface area contributed by atoms with Gasteiger partial charge in [-0.3, -0.25) is 4.68 Å². The molecular formula is C21H27N5O2. The molecule has 0 radical (unpaired) electrons. The van der Waals surface area contributed by atoms with Crippen molar-refractivity contribution in [3.8, 4) is 5.69 Å². The van der Waals surface area contributed by atoms with Crippen LogP contribution in [0, 0.1) is 20.8 Å². The zero-order valence-electron chi connectivity index (χ0n) is 17.1. The van der Waals surface area contributed by atoms with Crippen molar-refractivity contribution in [3.63, 3.8) is 0 Å². The fourth-order valence-corrected chi connectivity index (χ4v) is 3.23. The fourth-order valence-electron chi connectivity index (χ4n) is 3.23. The summed E-state index contributed by atoms with van der Waals surface area (Å²) in [6.07, 6.45) is 3.59. The number of aromatic nitrogens is 4. The summed E-state index contributed by atoms with van der Waals surface area (Å²) in [5.74, 6) is -0.353. The standard InChI is InChI=1S/C21H27N5O2/c1-6-28-21(27)18-11-23-26(19-9-7-8-14(2)15(19)3)20(18)12-22-10-17-13-25(5)24-16(17)4/h7-9,11,13,22H,6,10,12H2,1-5H3. The molecule has 3 aromatic rings. The van der Waals surface area contributed by atoms with Gasteiger partial charge in [-0.15, -0.1) is 0 Å². The maximum atomic E-state index is 12.4. The van der Waals surface area contributed by atoms with Gasteiger partial charge in [-0.05, 0) is 44.9 Å². The number of hydrogen-bond acceptors (Lipinski definition) is 5. The second-order valence-electron chi connectivity index (χ2n) is 6.87. The number of carbonyl (C=O) groups excluding carboxylic acids is 1. The molecule has 0 amide bonds. The van der Waals surface area contributed by atoms with Crippen LogP contribution in [0.4, 0.5) is 0 Å². The van der Waals surface area contributed by atoms with Gasteiger partial charge in [0.2, 0.25) is 0 Å². The highest BCUT2D eigenvalue weighted by Crippen LogP contribution is 2.21. The lowest BCUT2D eigenvalue weighted by atomic mass is 10.1. The predicted molar refractivity (Wildman–Crippen MR) is 107 cm³/mol. The molecule has 0 saturated heterocycles. The predicted octanol–water partition coefficient (Wildman–Crippen LogP) is 3.00. The van der Waals surface area contributed by atoms with Crippen molar-refractivity contribution in [1.82, 2.24) is 24.9 Å². The summed E-state index contributed by atoms with van der Waals surface area (Å²) in [6, 6.07) is 6.08. The van der Waals surface area contributed by atoms with E-state index in [1.165, 1.54) is 5.56 Å². The second-order valence-corrected chi connectivity index (χ2v) is 6.87. The van der Waals surface area contributed by atoms with Crippen LogP contribution in [0.5, 0.6) is 0 Å². The van der Waals surface area contributed by atoms with Gasteiger partial charge in [0.15, 0.2) is 0 Å². The van der Waals surface area contributed by atoms with Crippen molar-refractivity contribution in [2.75, 3.05) is 6.61 Å². The van der Waals surface area contributed by atoms with Gasteiger partial charge >= 0.3 is 5.97 Å². The molecule has 0 aliphatic rings. The van der Waals surface area contributed by atoms with Crippen molar-refractivity contribution in [2.45, 2.75) is 40.8 Å². The average Bonchev–Trinajstić information content (AvgIpc) is 3.20. The minimum Gasteiger partial charge on any atom is -0.462 e. The first-order valence-electron chi connectivity index (χ1n) is 9.42. The lowest BCUT2D eigenvalue weighted by Crippen LogP contribution is -2.19. The topological polar surface area (TPSA) is 74.0 Å². The van der Waals surface area contributed by atoms with Gasteiger partial charge in [0.25, 0.3) is 0 Å². The van der Waals surface area contributed by atoms with Crippen LogP contribution in [0.25, 0.3) is 5.69 Å². The zero-order chi connectivity index (χ0) is 20.3. The lowest BCUT2D eigenvalue weighted by molar-refractivity contribution is 0.0525. The first-order valence-corrected chi connectivity index (χ1v) is 9.42. The van der Waals surface area contributed by atoms with Gasteiger partial charge in [0.1, 0.15) is 5.56 Å². The van der Waals surface area contributed by atoms with Crippen LogP contribution in [-0.4, -0.2) is 32.1 Å². The minimum atomic E-state index is -0.353. The summed E-state index contributed by atoms with van der Waals surface area (Å²) in [4.78, 5) is 12.4. The molecular weight excluding hydrogens is 354 g/mol. The molecule has 1 N–H and O–H groups in total. The van der Waals surface area contributed by atoms with Crippen molar-refractivity contribution in [1.29, 1.82) is 0 Å². The van der Waals surface area contributed by atoms with Crippen LogP contribution in [0.3, 0.4) is 0 Å². The Bertz CT molecular complexity index is 987. The Labute approximate surface area is 165 Å². The molecule has 0 unspecified atom stereocenters. The van der Waals surface area contributed by atoms with Gasteiger partial charge in [0.05, 0.1) is 29.9 Å². The summed E-state index contributed by atoms with van der Waals surface area (Å²) in [6.45, 7) is 9.38. The normalized spacial score (nSPS) is 11.0. The molecule has 148 valence electrons. The smallest absolute Gasteiger partial charge is 0.341 e. The molecule has 28 heavy (non-hydrogen) atoms. The Balaban J connectivity index is 1.91. The van der Waals surface area contributed by atoms with Crippen LogP contribution >= 0.6 is 0 Å². The number of rotatable bonds is 7. The Morgan fingerprint density at radius 3 is 2.68 bits per heavy atom. The molecule has 0 saturated carbocycles. The summed E-state index contributed by atoms with van der Waals surface area (Å²) in [5.41, 5.74) is 6.65. The monoisotopic (exact) mass is 381 g/mol. The Hall–Kier alpha value is -2.93. The molecule has 1 aromatic carbocycles. The molecule has 0 bridgehead atoms.